The second-order valence-corrected chi connectivity index (χ2v) is 4.26. The van der Waals surface area contributed by atoms with E-state index in [0.29, 0.717) is 0 Å². The number of nitrogens with zero attached hydrogens (tertiary/aromatic N) is 1. The fourth-order valence-corrected chi connectivity index (χ4v) is 2.06. The van der Waals surface area contributed by atoms with Crippen LogP contribution in [0.25, 0.3) is 0 Å². The van der Waals surface area contributed by atoms with Crippen molar-refractivity contribution in [2.75, 3.05) is 13.1 Å². The normalized spacial score (nSPS) is 22.9. The quantitative estimate of drug-likeness (QED) is 0.698. The van der Waals surface area contributed by atoms with Crippen molar-refractivity contribution in [3.63, 3.8) is 0 Å². The molecule has 0 aliphatic carbocycles. The molecule has 0 amide bonds. The van der Waals surface area contributed by atoms with E-state index >= 15 is 0 Å². The fraction of sp³-hybridized carbons (Fsp3) is 0.500. The van der Waals surface area contributed by atoms with Crippen LogP contribution in [0.15, 0.2) is 24.3 Å². The fourth-order valence-electron chi connectivity index (χ4n) is 2.06. The van der Waals surface area contributed by atoms with Crippen molar-refractivity contribution < 1.29 is 4.39 Å². The van der Waals surface area contributed by atoms with Crippen LogP contribution in [-0.4, -0.2) is 18.0 Å². The molecule has 2 heteroatoms. The van der Waals surface area contributed by atoms with Crippen molar-refractivity contribution >= 4 is 0 Å². The molecule has 0 saturated carbocycles. The van der Waals surface area contributed by atoms with Crippen LogP contribution < -0.4 is 0 Å². The Labute approximate surface area is 84.5 Å². The van der Waals surface area contributed by atoms with Gasteiger partial charge in [0, 0.05) is 13.1 Å². The van der Waals surface area contributed by atoms with Crippen LogP contribution in [0, 0.1) is 11.7 Å². The molecule has 0 radical (unpaired) electrons. The van der Waals surface area contributed by atoms with Gasteiger partial charge in [-0.15, -0.1) is 0 Å². The minimum absolute atomic E-state index is 0.130. The number of halogens is 1. The lowest BCUT2D eigenvalue weighted by molar-refractivity contribution is 0.320. The van der Waals surface area contributed by atoms with E-state index in [1.54, 1.807) is 12.1 Å². The maximum Gasteiger partial charge on any atom is 0.123 e. The van der Waals surface area contributed by atoms with E-state index in [9.17, 15) is 4.39 Å². The SMILES string of the molecule is CC1CCN(Cc2cccc(F)c2)C1. The van der Waals surface area contributed by atoms with E-state index < -0.39 is 0 Å². The molecular formula is C12H16FN. The molecular weight excluding hydrogens is 177 g/mol. The Morgan fingerprint density at radius 1 is 1.50 bits per heavy atom. The van der Waals surface area contributed by atoms with Gasteiger partial charge in [0.1, 0.15) is 5.82 Å². The molecule has 76 valence electrons. The van der Waals surface area contributed by atoms with Gasteiger partial charge >= 0.3 is 0 Å². The molecule has 0 aromatic heterocycles. The van der Waals surface area contributed by atoms with Crippen molar-refractivity contribution in [2.45, 2.75) is 19.9 Å². The summed E-state index contributed by atoms with van der Waals surface area (Å²) in [4.78, 5) is 2.39. The predicted octanol–water partition coefficient (Wildman–Crippen LogP) is 2.67. The molecule has 1 nitrogen and oxygen atoms in total. The summed E-state index contributed by atoms with van der Waals surface area (Å²) in [6.07, 6.45) is 1.27. The minimum atomic E-state index is -0.130. The lowest BCUT2D eigenvalue weighted by atomic mass is 10.2. The van der Waals surface area contributed by atoms with Gasteiger partial charge in [-0.05, 0) is 36.6 Å². The average molecular weight is 193 g/mol. The van der Waals surface area contributed by atoms with Gasteiger partial charge in [0.15, 0.2) is 0 Å². The lowest BCUT2D eigenvalue weighted by Crippen LogP contribution is -2.19. The van der Waals surface area contributed by atoms with Crippen LogP contribution in [0.5, 0.6) is 0 Å². The Hall–Kier alpha value is -0.890. The van der Waals surface area contributed by atoms with Crippen molar-refractivity contribution in [2.24, 2.45) is 5.92 Å². The Balaban J connectivity index is 1.97. The largest absolute Gasteiger partial charge is 0.299 e. The van der Waals surface area contributed by atoms with Crippen molar-refractivity contribution in [3.8, 4) is 0 Å². The van der Waals surface area contributed by atoms with Crippen LogP contribution in [0.4, 0.5) is 4.39 Å². The first-order valence-electron chi connectivity index (χ1n) is 5.21. The second-order valence-electron chi connectivity index (χ2n) is 4.26. The molecule has 1 aromatic rings. The molecule has 1 atom stereocenters. The third kappa shape index (κ3) is 2.32. The molecule has 14 heavy (non-hydrogen) atoms. The molecule has 2 rings (SSSR count). The molecule has 0 bridgehead atoms. The number of benzene rings is 1. The smallest absolute Gasteiger partial charge is 0.123 e. The predicted molar refractivity (Wildman–Crippen MR) is 55.5 cm³/mol. The van der Waals surface area contributed by atoms with E-state index in [2.05, 4.69) is 11.8 Å². The number of hydrogen-bond acceptors (Lipinski definition) is 1. The Morgan fingerprint density at radius 2 is 2.36 bits per heavy atom. The van der Waals surface area contributed by atoms with Gasteiger partial charge in [-0.3, -0.25) is 4.90 Å². The van der Waals surface area contributed by atoms with Gasteiger partial charge in [-0.2, -0.15) is 0 Å². The van der Waals surface area contributed by atoms with Gasteiger partial charge in [0.05, 0.1) is 0 Å². The summed E-state index contributed by atoms with van der Waals surface area (Å²) in [6.45, 7) is 5.46. The minimum Gasteiger partial charge on any atom is -0.299 e. The molecule has 1 saturated heterocycles. The topological polar surface area (TPSA) is 3.24 Å². The molecule has 1 aliphatic rings. The van der Waals surface area contributed by atoms with Gasteiger partial charge in [-0.25, -0.2) is 4.39 Å². The van der Waals surface area contributed by atoms with Crippen molar-refractivity contribution in [1.29, 1.82) is 0 Å². The molecule has 0 N–H and O–H groups in total. The first-order chi connectivity index (χ1) is 6.74. The third-order valence-electron chi connectivity index (χ3n) is 2.80. The molecule has 1 unspecified atom stereocenters. The van der Waals surface area contributed by atoms with Gasteiger partial charge in [0.2, 0.25) is 0 Å². The molecule has 1 heterocycles. The van der Waals surface area contributed by atoms with Crippen LogP contribution in [0.3, 0.4) is 0 Å². The Morgan fingerprint density at radius 3 is 3.00 bits per heavy atom. The highest BCUT2D eigenvalue weighted by Gasteiger charge is 2.18. The van der Waals surface area contributed by atoms with Crippen molar-refractivity contribution in [1.82, 2.24) is 4.90 Å². The lowest BCUT2D eigenvalue weighted by Gasteiger charge is -2.14. The number of likely N-dealkylation sites (tertiary alicyclic amines) is 1. The number of rotatable bonds is 2. The van der Waals surface area contributed by atoms with Crippen LogP contribution in [0.1, 0.15) is 18.9 Å². The Kier molecular flexibility index (Phi) is 2.82. The summed E-state index contributed by atoms with van der Waals surface area (Å²) in [5.41, 5.74) is 1.08. The van der Waals surface area contributed by atoms with Crippen LogP contribution >= 0.6 is 0 Å². The third-order valence-corrected chi connectivity index (χ3v) is 2.80. The maximum atomic E-state index is 12.9. The van der Waals surface area contributed by atoms with Crippen molar-refractivity contribution in [3.05, 3.63) is 35.6 Å². The van der Waals surface area contributed by atoms with Crippen LogP contribution in [0.2, 0.25) is 0 Å². The zero-order valence-electron chi connectivity index (χ0n) is 8.54. The highest BCUT2D eigenvalue weighted by molar-refractivity contribution is 5.16. The second kappa shape index (κ2) is 4.09. The summed E-state index contributed by atoms with van der Waals surface area (Å²) in [7, 11) is 0. The van der Waals surface area contributed by atoms with Gasteiger partial charge in [0.25, 0.3) is 0 Å². The first kappa shape index (κ1) is 9.66. The number of hydrogen-bond donors (Lipinski definition) is 0. The van der Waals surface area contributed by atoms with E-state index in [1.807, 2.05) is 6.07 Å². The van der Waals surface area contributed by atoms with Crippen LogP contribution in [-0.2, 0) is 6.54 Å². The summed E-state index contributed by atoms with van der Waals surface area (Å²) in [5, 5.41) is 0. The summed E-state index contributed by atoms with van der Waals surface area (Å²) < 4.78 is 12.9. The van der Waals surface area contributed by atoms with E-state index in [1.165, 1.54) is 12.5 Å². The first-order valence-corrected chi connectivity index (χ1v) is 5.21. The van der Waals surface area contributed by atoms with Gasteiger partial charge < -0.3 is 0 Å². The molecule has 1 aromatic carbocycles. The molecule has 1 aliphatic heterocycles. The summed E-state index contributed by atoms with van der Waals surface area (Å²) in [6, 6.07) is 6.90. The highest BCUT2D eigenvalue weighted by Crippen LogP contribution is 2.17. The Bertz CT molecular complexity index is 311. The monoisotopic (exact) mass is 193 g/mol. The standard InChI is InChI=1S/C12H16FN/c1-10-5-6-14(8-10)9-11-3-2-4-12(13)7-11/h2-4,7,10H,5-6,8-9H2,1H3. The maximum absolute atomic E-state index is 12.9. The van der Waals surface area contributed by atoms with E-state index in [-0.39, 0.29) is 5.82 Å². The zero-order valence-corrected chi connectivity index (χ0v) is 8.54. The summed E-state index contributed by atoms with van der Waals surface area (Å²) >= 11 is 0. The highest BCUT2D eigenvalue weighted by atomic mass is 19.1. The average Bonchev–Trinajstić information content (AvgIpc) is 2.51. The van der Waals surface area contributed by atoms with E-state index in [4.69, 9.17) is 0 Å². The molecule has 1 fully saturated rings. The summed E-state index contributed by atoms with van der Waals surface area (Å²) in [5.74, 6) is 0.665. The van der Waals surface area contributed by atoms with Gasteiger partial charge in [-0.1, -0.05) is 19.1 Å². The van der Waals surface area contributed by atoms with E-state index in [0.717, 1.165) is 31.1 Å². The molecule has 0 spiro atoms. The zero-order chi connectivity index (χ0) is 9.97.